The highest BCUT2D eigenvalue weighted by molar-refractivity contribution is 7.90. The average molecular weight is 468 g/mol. The van der Waals surface area contributed by atoms with Crippen LogP contribution in [0, 0.1) is 6.92 Å². The van der Waals surface area contributed by atoms with E-state index in [4.69, 9.17) is 14.8 Å². The molecule has 4 aromatic heterocycles. The second-order valence-corrected chi connectivity index (χ2v) is 10.4. The average Bonchev–Trinajstić information content (AvgIpc) is 3.41. The first kappa shape index (κ1) is 21.5. The molecule has 5 heterocycles. The number of nitrogens with zero attached hydrogens (tertiary/aromatic N) is 6. The summed E-state index contributed by atoms with van der Waals surface area (Å²) in [5.74, 6) is 0.814. The smallest absolute Gasteiger partial charge is 0.192 e. The molecular weight excluding hydrogens is 442 g/mol. The van der Waals surface area contributed by atoms with Gasteiger partial charge in [0.25, 0.3) is 0 Å². The number of rotatable bonds is 4. The highest BCUT2D eigenvalue weighted by Crippen LogP contribution is 2.37. The van der Waals surface area contributed by atoms with Crippen molar-refractivity contribution in [3.63, 3.8) is 0 Å². The molecular formula is C22H25N7O3S. The molecule has 1 aliphatic heterocycles. The van der Waals surface area contributed by atoms with Crippen molar-refractivity contribution in [2.75, 3.05) is 30.9 Å². The molecule has 10 nitrogen and oxygen atoms in total. The van der Waals surface area contributed by atoms with Crippen LogP contribution in [-0.2, 0) is 21.6 Å². The molecule has 1 saturated heterocycles. The highest BCUT2D eigenvalue weighted by atomic mass is 32.2. The Morgan fingerprint density at radius 1 is 1.24 bits per heavy atom. The minimum Gasteiger partial charge on any atom is -0.377 e. The lowest BCUT2D eigenvalue weighted by Crippen LogP contribution is -2.44. The summed E-state index contributed by atoms with van der Waals surface area (Å²) < 4.78 is 31.4. The molecule has 0 saturated carbocycles. The van der Waals surface area contributed by atoms with Crippen LogP contribution in [0.5, 0.6) is 0 Å². The van der Waals surface area contributed by atoms with Crippen LogP contribution in [0.2, 0.25) is 0 Å². The molecule has 0 bridgehead atoms. The van der Waals surface area contributed by atoms with E-state index >= 15 is 0 Å². The standard InChI is InChI=1S/C22H25N7O3S/c1-13-9-19(33(4,30)31)23-11-16(13)15-10-18(29-7-8-32-12-14(29)2)25-21-20(17-5-6-24-26-17)27-28(3)22(15)21/h5-6,9-11,14H,7-8,12H2,1-4H3,(H,24,26)/t14-/m1/s1. The number of aromatic nitrogens is 6. The molecule has 4 aromatic rings. The van der Waals surface area contributed by atoms with Gasteiger partial charge in [0.05, 0.1) is 30.5 Å². The van der Waals surface area contributed by atoms with Gasteiger partial charge in [-0.1, -0.05) is 0 Å². The summed E-state index contributed by atoms with van der Waals surface area (Å²) in [6, 6.07) is 5.67. The first-order chi connectivity index (χ1) is 15.7. The lowest BCUT2D eigenvalue weighted by molar-refractivity contribution is 0.0986. The first-order valence-electron chi connectivity index (χ1n) is 10.6. The number of morpholine rings is 1. The number of anilines is 1. The maximum Gasteiger partial charge on any atom is 0.192 e. The van der Waals surface area contributed by atoms with E-state index in [0.717, 1.165) is 52.0 Å². The SMILES string of the molecule is Cc1cc(S(C)(=O)=O)ncc1-c1cc(N2CCOC[C@H]2C)nc2c(-c3ccn[nH]3)nn(C)c12. The third-order valence-electron chi connectivity index (χ3n) is 5.95. The van der Waals surface area contributed by atoms with Crippen molar-refractivity contribution in [2.24, 2.45) is 7.05 Å². The Bertz CT molecular complexity index is 1440. The maximum atomic E-state index is 12.0. The van der Waals surface area contributed by atoms with E-state index in [2.05, 4.69) is 27.0 Å². The zero-order valence-corrected chi connectivity index (χ0v) is 19.7. The lowest BCUT2D eigenvalue weighted by atomic mass is 10.0. The van der Waals surface area contributed by atoms with Crippen LogP contribution in [0.3, 0.4) is 0 Å². The third-order valence-corrected chi connectivity index (χ3v) is 6.93. The van der Waals surface area contributed by atoms with Gasteiger partial charge in [0.15, 0.2) is 14.9 Å². The molecule has 0 radical (unpaired) electrons. The normalized spacial score (nSPS) is 17.1. The summed E-state index contributed by atoms with van der Waals surface area (Å²) in [6.07, 6.45) is 4.47. The number of sulfone groups is 1. The number of pyridine rings is 2. The van der Waals surface area contributed by atoms with Gasteiger partial charge in [-0.3, -0.25) is 9.78 Å². The monoisotopic (exact) mass is 467 g/mol. The van der Waals surface area contributed by atoms with Crippen molar-refractivity contribution in [2.45, 2.75) is 24.9 Å². The van der Waals surface area contributed by atoms with Gasteiger partial charge in [0.1, 0.15) is 17.0 Å². The van der Waals surface area contributed by atoms with E-state index in [9.17, 15) is 8.42 Å². The number of nitrogens with one attached hydrogen (secondary N) is 1. The minimum absolute atomic E-state index is 0.0548. The minimum atomic E-state index is -3.41. The fourth-order valence-electron chi connectivity index (χ4n) is 4.27. The molecule has 0 aliphatic carbocycles. The van der Waals surface area contributed by atoms with Gasteiger partial charge in [0, 0.05) is 43.4 Å². The zero-order chi connectivity index (χ0) is 23.3. The predicted molar refractivity (Wildman–Crippen MR) is 125 cm³/mol. The van der Waals surface area contributed by atoms with E-state index in [1.54, 1.807) is 23.1 Å². The van der Waals surface area contributed by atoms with Crippen LogP contribution >= 0.6 is 0 Å². The largest absolute Gasteiger partial charge is 0.377 e. The Balaban J connectivity index is 1.79. The summed E-state index contributed by atoms with van der Waals surface area (Å²) in [5, 5.41) is 11.8. The Morgan fingerprint density at radius 2 is 2.06 bits per heavy atom. The number of hydrogen-bond acceptors (Lipinski definition) is 8. The van der Waals surface area contributed by atoms with Gasteiger partial charge in [-0.2, -0.15) is 10.2 Å². The Labute approximate surface area is 191 Å². The van der Waals surface area contributed by atoms with Gasteiger partial charge in [-0.05, 0) is 37.6 Å². The van der Waals surface area contributed by atoms with Crippen molar-refractivity contribution in [3.05, 3.63) is 36.2 Å². The maximum absolute atomic E-state index is 12.0. The Hall–Kier alpha value is -3.31. The number of ether oxygens (including phenoxy) is 1. The predicted octanol–water partition coefficient (Wildman–Crippen LogP) is 2.36. The first-order valence-corrected chi connectivity index (χ1v) is 12.5. The number of fused-ring (bicyclic) bond motifs is 1. The summed E-state index contributed by atoms with van der Waals surface area (Å²) in [6.45, 7) is 5.98. The number of aryl methyl sites for hydroxylation is 2. The molecule has 0 amide bonds. The quantitative estimate of drug-likeness (QED) is 0.486. The van der Waals surface area contributed by atoms with Crippen LogP contribution in [0.1, 0.15) is 12.5 Å². The van der Waals surface area contributed by atoms with Gasteiger partial charge >= 0.3 is 0 Å². The molecule has 1 atom stereocenters. The second-order valence-electron chi connectivity index (χ2n) is 8.39. The van der Waals surface area contributed by atoms with Crippen molar-refractivity contribution in [3.8, 4) is 22.5 Å². The zero-order valence-electron chi connectivity index (χ0n) is 18.9. The summed E-state index contributed by atoms with van der Waals surface area (Å²) in [5.41, 5.74) is 5.57. The van der Waals surface area contributed by atoms with Crippen molar-refractivity contribution in [1.29, 1.82) is 0 Å². The summed E-state index contributed by atoms with van der Waals surface area (Å²) >= 11 is 0. The van der Waals surface area contributed by atoms with Crippen LogP contribution in [0.25, 0.3) is 33.5 Å². The number of hydrogen-bond donors (Lipinski definition) is 1. The lowest BCUT2D eigenvalue weighted by Gasteiger charge is -2.34. The topological polar surface area (TPSA) is 119 Å². The number of H-pyrrole nitrogens is 1. The van der Waals surface area contributed by atoms with Crippen molar-refractivity contribution >= 4 is 26.7 Å². The molecule has 0 aromatic carbocycles. The summed E-state index contributed by atoms with van der Waals surface area (Å²) in [4.78, 5) is 11.5. The van der Waals surface area contributed by atoms with Crippen LogP contribution in [0.15, 0.2) is 35.6 Å². The highest BCUT2D eigenvalue weighted by Gasteiger charge is 2.25. The van der Waals surface area contributed by atoms with Gasteiger partial charge in [-0.25, -0.2) is 18.4 Å². The molecule has 172 valence electrons. The fourth-order valence-corrected chi connectivity index (χ4v) is 4.90. The Morgan fingerprint density at radius 3 is 2.73 bits per heavy atom. The molecule has 0 unspecified atom stereocenters. The van der Waals surface area contributed by atoms with E-state index in [1.807, 2.05) is 26.1 Å². The molecule has 33 heavy (non-hydrogen) atoms. The second kappa shape index (κ2) is 7.92. The van der Waals surface area contributed by atoms with Crippen molar-refractivity contribution < 1.29 is 13.2 Å². The van der Waals surface area contributed by atoms with Crippen LogP contribution in [0.4, 0.5) is 5.82 Å². The van der Waals surface area contributed by atoms with Gasteiger partial charge in [-0.15, -0.1) is 0 Å². The summed E-state index contributed by atoms with van der Waals surface area (Å²) in [7, 11) is -1.53. The molecule has 1 fully saturated rings. The number of aromatic amines is 1. The Kier molecular flexibility index (Phi) is 5.17. The molecule has 5 rings (SSSR count). The molecule has 11 heteroatoms. The molecule has 0 spiro atoms. The van der Waals surface area contributed by atoms with E-state index in [-0.39, 0.29) is 11.1 Å². The molecule has 1 N–H and O–H groups in total. The van der Waals surface area contributed by atoms with E-state index < -0.39 is 9.84 Å². The third kappa shape index (κ3) is 3.76. The van der Waals surface area contributed by atoms with E-state index in [1.165, 1.54) is 0 Å². The van der Waals surface area contributed by atoms with Crippen LogP contribution in [-0.4, -0.2) is 70.4 Å². The van der Waals surface area contributed by atoms with Crippen LogP contribution < -0.4 is 4.90 Å². The fraction of sp³-hybridized carbons (Fsp3) is 0.364. The van der Waals surface area contributed by atoms with E-state index in [0.29, 0.717) is 18.9 Å². The van der Waals surface area contributed by atoms with Gasteiger partial charge in [0.2, 0.25) is 0 Å². The molecule has 1 aliphatic rings. The van der Waals surface area contributed by atoms with Gasteiger partial charge < -0.3 is 9.64 Å². The van der Waals surface area contributed by atoms with Crippen molar-refractivity contribution in [1.82, 2.24) is 29.9 Å².